The Bertz CT molecular complexity index is 1170. The summed E-state index contributed by atoms with van der Waals surface area (Å²) >= 11 is 6.08. The van der Waals surface area contributed by atoms with Gasteiger partial charge in [0, 0.05) is 11.3 Å². The van der Waals surface area contributed by atoms with Crippen molar-refractivity contribution >= 4 is 40.7 Å². The number of hydrogen-bond acceptors (Lipinski definition) is 5. The fourth-order valence-corrected chi connectivity index (χ4v) is 3.18. The quantitative estimate of drug-likeness (QED) is 0.570. The molecule has 1 aromatic heterocycles. The summed E-state index contributed by atoms with van der Waals surface area (Å²) in [6.07, 6.45) is 1.52. The molecule has 0 saturated carbocycles. The second kappa shape index (κ2) is 8.45. The third-order valence-electron chi connectivity index (χ3n) is 4.53. The Morgan fingerprint density at radius 3 is 2.35 bits per heavy atom. The second-order valence-corrected chi connectivity index (χ2v) is 6.95. The van der Waals surface area contributed by atoms with Crippen LogP contribution in [0.5, 0.6) is 0 Å². The van der Waals surface area contributed by atoms with Crippen LogP contribution in [0.1, 0.15) is 16.1 Å². The Labute approximate surface area is 181 Å². The maximum atomic E-state index is 13.1. The summed E-state index contributed by atoms with van der Waals surface area (Å²) < 4.78 is 18.3. The van der Waals surface area contributed by atoms with Gasteiger partial charge in [-0.3, -0.25) is 14.4 Å². The maximum Gasteiger partial charge on any atom is 0.283 e. The van der Waals surface area contributed by atoms with Gasteiger partial charge in [-0.2, -0.15) is 0 Å². The lowest BCUT2D eigenvalue weighted by Gasteiger charge is -2.15. The summed E-state index contributed by atoms with van der Waals surface area (Å²) in [7, 11) is 0. The molecule has 156 valence electrons. The Kier molecular flexibility index (Phi) is 5.55. The van der Waals surface area contributed by atoms with Crippen LogP contribution in [0.3, 0.4) is 0 Å². The van der Waals surface area contributed by atoms with Gasteiger partial charge in [-0.25, -0.2) is 9.29 Å². The molecule has 7 nitrogen and oxygen atoms in total. The lowest BCUT2D eigenvalue weighted by Crippen LogP contribution is -2.32. The number of benzene rings is 2. The minimum absolute atomic E-state index is 0.106. The molecule has 2 N–H and O–H groups in total. The number of carbonyl (C=O) groups is 3. The van der Waals surface area contributed by atoms with Crippen LogP contribution in [0.4, 0.5) is 15.8 Å². The Morgan fingerprint density at radius 2 is 1.71 bits per heavy atom. The van der Waals surface area contributed by atoms with Gasteiger partial charge in [0.2, 0.25) is 0 Å². The van der Waals surface area contributed by atoms with Gasteiger partial charge in [0.25, 0.3) is 17.7 Å². The highest BCUT2D eigenvalue weighted by atomic mass is 35.5. The van der Waals surface area contributed by atoms with E-state index in [4.69, 9.17) is 16.0 Å². The largest absolute Gasteiger partial charge is 0.467 e. The van der Waals surface area contributed by atoms with Crippen LogP contribution in [0.15, 0.2) is 82.1 Å². The molecule has 0 aliphatic carbocycles. The molecule has 3 aromatic rings. The Balaban J connectivity index is 1.44. The van der Waals surface area contributed by atoms with Crippen LogP contribution in [-0.4, -0.2) is 17.7 Å². The molecule has 0 unspecified atom stereocenters. The highest BCUT2D eigenvalue weighted by Crippen LogP contribution is 2.30. The summed E-state index contributed by atoms with van der Waals surface area (Å²) in [6, 6.07) is 14.7. The van der Waals surface area contributed by atoms with Crippen molar-refractivity contribution in [2.75, 3.05) is 10.2 Å². The molecule has 0 radical (unpaired) electrons. The van der Waals surface area contributed by atoms with Crippen LogP contribution < -0.4 is 15.5 Å². The number of anilines is 2. The van der Waals surface area contributed by atoms with Crippen LogP contribution in [0.25, 0.3) is 0 Å². The van der Waals surface area contributed by atoms with Gasteiger partial charge in [-0.15, -0.1) is 0 Å². The third-order valence-corrected chi connectivity index (χ3v) is 4.88. The average Bonchev–Trinajstić information content (AvgIpc) is 3.37. The standard InChI is InChI=1S/C22H15ClFN3O4/c23-18-19(22(30)27(21(18)29)16-9-5-14(24)6-10-16)26-15-7-3-13(4-8-15)20(28)25-12-17-2-1-11-31-17/h1-11,26H,12H2,(H,25,28). The van der Waals surface area contributed by atoms with E-state index in [9.17, 15) is 18.8 Å². The number of nitrogens with one attached hydrogen (secondary N) is 2. The van der Waals surface area contributed by atoms with Gasteiger partial charge in [0.1, 0.15) is 22.3 Å². The van der Waals surface area contributed by atoms with E-state index in [1.54, 1.807) is 36.4 Å². The molecular weight excluding hydrogens is 425 g/mol. The van der Waals surface area contributed by atoms with Crippen molar-refractivity contribution in [3.05, 3.63) is 94.8 Å². The fraction of sp³-hybridized carbons (Fsp3) is 0.0455. The topological polar surface area (TPSA) is 91.7 Å². The maximum absolute atomic E-state index is 13.1. The van der Waals surface area contributed by atoms with E-state index in [1.807, 2.05) is 0 Å². The minimum atomic E-state index is -0.713. The Hall–Kier alpha value is -3.91. The van der Waals surface area contributed by atoms with E-state index < -0.39 is 17.6 Å². The lowest BCUT2D eigenvalue weighted by atomic mass is 10.2. The molecule has 0 atom stereocenters. The van der Waals surface area contributed by atoms with Crippen LogP contribution >= 0.6 is 11.6 Å². The number of nitrogens with zero attached hydrogens (tertiary/aromatic N) is 1. The number of imide groups is 1. The van der Waals surface area contributed by atoms with Crippen molar-refractivity contribution in [3.63, 3.8) is 0 Å². The third kappa shape index (κ3) is 4.19. The predicted octanol–water partition coefficient (Wildman–Crippen LogP) is 3.78. The van der Waals surface area contributed by atoms with Gasteiger partial charge >= 0.3 is 0 Å². The second-order valence-electron chi connectivity index (χ2n) is 6.58. The average molecular weight is 440 g/mol. The molecule has 3 amide bonds. The SMILES string of the molecule is O=C(NCc1ccco1)c1ccc(NC2=C(Cl)C(=O)N(c3ccc(F)cc3)C2=O)cc1. The van der Waals surface area contributed by atoms with Gasteiger partial charge in [-0.05, 0) is 60.7 Å². The number of rotatable bonds is 6. The van der Waals surface area contributed by atoms with Gasteiger partial charge in [0.15, 0.2) is 0 Å². The van der Waals surface area contributed by atoms with Crippen molar-refractivity contribution < 1.29 is 23.2 Å². The Morgan fingerprint density at radius 1 is 1.00 bits per heavy atom. The van der Waals surface area contributed by atoms with E-state index in [1.165, 1.54) is 18.4 Å². The molecule has 0 bridgehead atoms. The molecule has 2 heterocycles. The van der Waals surface area contributed by atoms with Crippen LogP contribution in [0.2, 0.25) is 0 Å². The van der Waals surface area contributed by atoms with Crippen molar-refractivity contribution in [2.24, 2.45) is 0 Å². The minimum Gasteiger partial charge on any atom is -0.467 e. The lowest BCUT2D eigenvalue weighted by molar-refractivity contribution is -0.120. The first-order valence-corrected chi connectivity index (χ1v) is 9.53. The molecule has 31 heavy (non-hydrogen) atoms. The van der Waals surface area contributed by atoms with E-state index in [-0.39, 0.29) is 28.9 Å². The first-order valence-electron chi connectivity index (χ1n) is 9.16. The highest BCUT2D eigenvalue weighted by molar-refractivity contribution is 6.53. The molecule has 1 aliphatic rings. The van der Waals surface area contributed by atoms with Crippen LogP contribution in [0, 0.1) is 5.82 Å². The summed E-state index contributed by atoms with van der Waals surface area (Å²) in [6.45, 7) is 0.254. The normalized spacial score (nSPS) is 13.7. The molecular formula is C22H15ClFN3O4. The van der Waals surface area contributed by atoms with Crippen LogP contribution in [-0.2, 0) is 16.1 Å². The van der Waals surface area contributed by atoms with E-state index in [2.05, 4.69) is 10.6 Å². The summed E-state index contributed by atoms with van der Waals surface area (Å²) in [5.74, 6) is -1.54. The fourth-order valence-electron chi connectivity index (χ4n) is 2.97. The van der Waals surface area contributed by atoms with Crippen molar-refractivity contribution in [2.45, 2.75) is 6.54 Å². The summed E-state index contributed by atoms with van der Waals surface area (Å²) in [4.78, 5) is 38.3. The van der Waals surface area contributed by atoms with E-state index in [0.717, 1.165) is 17.0 Å². The highest BCUT2D eigenvalue weighted by Gasteiger charge is 2.38. The zero-order chi connectivity index (χ0) is 22.0. The van der Waals surface area contributed by atoms with Gasteiger partial charge < -0.3 is 15.1 Å². The van der Waals surface area contributed by atoms with Crippen molar-refractivity contribution in [3.8, 4) is 0 Å². The predicted molar refractivity (Wildman–Crippen MR) is 112 cm³/mol. The van der Waals surface area contributed by atoms with Crippen molar-refractivity contribution in [1.82, 2.24) is 5.32 Å². The van der Waals surface area contributed by atoms with Crippen molar-refractivity contribution in [1.29, 1.82) is 0 Å². The molecule has 0 saturated heterocycles. The smallest absolute Gasteiger partial charge is 0.283 e. The molecule has 2 aromatic carbocycles. The summed E-state index contributed by atoms with van der Waals surface area (Å²) in [5.41, 5.74) is 0.956. The van der Waals surface area contributed by atoms with E-state index in [0.29, 0.717) is 17.0 Å². The zero-order valence-electron chi connectivity index (χ0n) is 15.9. The molecule has 1 aliphatic heterocycles. The molecule has 0 spiro atoms. The zero-order valence-corrected chi connectivity index (χ0v) is 16.7. The number of carbonyl (C=O) groups excluding carboxylic acids is 3. The molecule has 4 rings (SSSR count). The number of hydrogen-bond donors (Lipinski definition) is 2. The number of amides is 3. The number of furan rings is 1. The van der Waals surface area contributed by atoms with Gasteiger partial charge in [0.05, 0.1) is 18.5 Å². The summed E-state index contributed by atoms with van der Waals surface area (Å²) in [5, 5.41) is 5.26. The molecule has 9 heteroatoms. The van der Waals surface area contributed by atoms with Gasteiger partial charge in [-0.1, -0.05) is 11.6 Å². The first-order chi connectivity index (χ1) is 14.9. The molecule has 0 fully saturated rings. The number of halogens is 2. The van der Waals surface area contributed by atoms with E-state index >= 15 is 0 Å². The monoisotopic (exact) mass is 439 g/mol. The first kappa shape index (κ1) is 20.4.